The minimum atomic E-state index is -5.14. The van der Waals surface area contributed by atoms with Gasteiger partial charge in [0.05, 0.1) is 0 Å². The molecule has 0 radical (unpaired) electrons. The number of hydrogen-bond donors (Lipinski definition) is 3. The average molecular weight is 494 g/mol. The Balaban J connectivity index is 2.66. The summed E-state index contributed by atoms with van der Waals surface area (Å²) in [6.45, 7) is 0. The predicted molar refractivity (Wildman–Crippen MR) is 114 cm³/mol. The van der Waals surface area contributed by atoms with E-state index in [-0.39, 0.29) is 42.5 Å². The van der Waals surface area contributed by atoms with Crippen molar-refractivity contribution in [2.45, 2.75) is 4.75 Å². The lowest BCUT2D eigenvalue weighted by Gasteiger charge is -2.34. The Kier molecular flexibility index (Phi) is 5.98. The van der Waals surface area contributed by atoms with E-state index in [1.807, 2.05) is 0 Å². The van der Waals surface area contributed by atoms with Gasteiger partial charge in [-0.1, -0.05) is 64.6 Å². The summed E-state index contributed by atoms with van der Waals surface area (Å²) >= 11 is 24.7. The van der Waals surface area contributed by atoms with Gasteiger partial charge in [0, 0.05) is 31.2 Å². The lowest BCUT2D eigenvalue weighted by atomic mass is 9.83. The third-order valence-corrected chi connectivity index (χ3v) is 6.78. The van der Waals surface area contributed by atoms with Gasteiger partial charge in [-0.15, -0.1) is 0 Å². The molecule has 0 fully saturated rings. The highest BCUT2D eigenvalue weighted by Gasteiger charge is 2.52. The molecule has 0 aromatic heterocycles. The summed E-state index contributed by atoms with van der Waals surface area (Å²) in [5.74, 6) is -0.844. The zero-order chi connectivity index (χ0) is 21.6. The fraction of sp³-hybridized carbons (Fsp3) is 0.0526. The molecule has 0 spiro atoms. The van der Waals surface area contributed by atoms with Crippen LogP contribution in [0.25, 0.3) is 0 Å². The van der Waals surface area contributed by atoms with E-state index in [1.54, 1.807) is 0 Å². The van der Waals surface area contributed by atoms with Gasteiger partial charge >= 0.3 is 0 Å². The molecule has 1 atom stereocenters. The van der Waals surface area contributed by atoms with E-state index >= 15 is 0 Å². The fourth-order valence-electron chi connectivity index (χ4n) is 3.28. The fourth-order valence-corrected chi connectivity index (χ4v) is 6.06. The molecule has 3 rings (SSSR count). The zero-order valence-corrected chi connectivity index (χ0v) is 18.1. The number of aromatic hydroxyl groups is 2. The molecule has 0 amide bonds. The van der Waals surface area contributed by atoms with Crippen molar-refractivity contribution in [3.8, 4) is 11.5 Å². The zero-order valence-electron chi connectivity index (χ0n) is 14.3. The van der Waals surface area contributed by atoms with Crippen molar-refractivity contribution in [3.05, 3.63) is 91.4 Å². The molecule has 3 aromatic carbocycles. The lowest BCUT2D eigenvalue weighted by Crippen LogP contribution is -2.39. The van der Waals surface area contributed by atoms with Gasteiger partial charge in [-0.2, -0.15) is 8.42 Å². The summed E-state index contributed by atoms with van der Waals surface area (Å²) in [4.78, 5) is 0. The van der Waals surface area contributed by atoms with Crippen molar-refractivity contribution in [1.82, 2.24) is 0 Å². The number of phenols is 2. The van der Waals surface area contributed by atoms with Gasteiger partial charge in [0.25, 0.3) is 10.1 Å². The number of rotatable bonds is 4. The number of phenolic OH excluding ortho intramolecular Hbond substituents is 2. The summed E-state index contributed by atoms with van der Waals surface area (Å²) in [6, 6.07) is 11.4. The van der Waals surface area contributed by atoms with E-state index < -0.39 is 20.6 Å². The first-order valence-electron chi connectivity index (χ1n) is 7.89. The summed E-state index contributed by atoms with van der Waals surface area (Å²) < 4.78 is 33.9. The summed E-state index contributed by atoms with van der Waals surface area (Å²) in [6.07, 6.45) is 0. The molecule has 0 bridgehead atoms. The Bertz CT molecular complexity index is 1170. The van der Waals surface area contributed by atoms with Crippen molar-refractivity contribution in [2.24, 2.45) is 0 Å². The molecule has 0 aliphatic carbocycles. The molecule has 0 saturated heterocycles. The highest BCUT2D eigenvalue weighted by Crippen LogP contribution is 2.52. The molecule has 0 saturated carbocycles. The second kappa shape index (κ2) is 7.87. The van der Waals surface area contributed by atoms with Crippen LogP contribution in [0.5, 0.6) is 11.5 Å². The number of para-hydroxylation sites is 1. The molecule has 3 aromatic rings. The largest absolute Gasteiger partial charge is 0.508 e. The number of halogens is 4. The van der Waals surface area contributed by atoms with Crippen LogP contribution in [0.4, 0.5) is 0 Å². The van der Waals surface area contributed by atoms with Crippen LogP contribution < -0.4 is 0 Å². The summed E-state index contributed by atoms with van der Waals surface area (Å²) in [7, 11) is -5.14. The van der Waals surface area contributed by atoms with Crippen LogP contribution >= 0.6 is 46.4 Å². The number of hydrogen-bond acceptors (Lipinski definition) is 4. The van der Waals surface area contributed by atoms with Gasteiger partial charge in [0.2, 0.25) is 0 Å². The van der Waals surface area contributed by atoms with Crippen molar-refractivity contribution in [1.29, 1.82) is 0 Å². The van der Waals surface area contributed by atoms with E-state index in [0.29, 0.717) is 0 Å². The third-order valence-electron chi connectivity index (χ3n) is 4.32. The van der Waals surface area contributed by atoms with Crippen molar-refractivity contribution in [3.63, 3.8) is 0 Å². The van der Waals surface area contributed by atoms with E-state index in [1.165, 1.54) is 48.5 Å². The second-order valence-electron chi connectivity index (χ2n) is 6.12. The standard InChI is InChI=1S/C19H12Cl4O5S/c20-11-5-10(6-13(24)7-11)19(29(26,27)28,14-3-1-2-4-17(14)25)18-15(22)8-12(21)9-16(18)23/h1-9,24-25H,(H,26,27,28). The Hall–Kier alpha value is -1.67. The second-order valence-corrected chi connectivity index (χ2v) is 9.37. The van der Waals surface area contributed by atoms with Crippen LogP contribution in [-0.4, -0.2) is 23.2 Å². The van der Waals surface area contributed by atoms with Crippen molar-refractivity contribution >= 4 is 56.5 Å². The van der Waals surface area contributed by atoms with Crippen molar-refractivity contribution < 1.29 is 23.2 Å². The van der Waals surface area contributed by atoms with Gasteiger partial charge in [-0.05, 0) is 42.0 Å². The van der Waals surface area contributed by atoms with E-state index in [4.69, 9.17) is 46.4 Å². The molecule has 0 aliphatic rings. The molecule has 0 heterocycles. The molecular weight excluding hydrogens is 482 g/mol. The van der Waals surface area contributed by atoms with Crippen LogP contribution in [0.15, 0.2) is 54.6 Å². The first kappa shape index (κ1) is 22.0. The maximum Gasteiger partial charge on any atom is 0.283 e. The topological polar surface area (TPSA) is 94.8 Å². The van der Waals surface area contributed by atoms with Crippen LogP contribution in [0.1, 0.15) is 16.7 Å². The molecule has 3 N–H and O–H groups in total. The third kappa shape index (κ3) is 3.77. The van der Waals surface area contributed by atoms with E-state index in [0.717, 1.165) is 6.07 Å². The van der Waals surface area contributed by atoms with Crippen LogP contribution in [-0.2, 0) is 14.9 Å². The molecule has 10 heteroatoms. The quantitative estimate of drug-likeness (QED) is 0.311. The number of benzene rings is 3. The average Bonchev–Trinajstić information content (AvgIpc) is 2.56. The molecule has 152 valence electrons. The van der Waals surface area contributed by atoms with E-state index in [2.05, 4.69) is 0 Å². The minimum absolute atomic E-state index is 0.0235. The summed E-state index contributed by atoms with van der Waals surface area (Å²) in [5, 5.41) is 20.3. The van der Waals surface area contributed by atoms with Crippen LogP contribution in [0, 0.1) is 0 Å². The molecule has 0 aliphatic heterocycles. The monoisotopic (exact) mass is 492 g/mol. The maximum atomic E-state index is 13.0. The first-order chi connectivity index (χ1) is 13.5. The van der Waals surface area contributed by atoms with Gasteiger partial charge in [0.1, 0.15) is 11.5 Å². The Morgan fingerprint density at radius 2 is 1.34 bits per heavy atom. The SMILES string of the molecule is O=S(=O)(O)C(c1cc(O)cc(Cl)c1)(c1ccccc1O)c1c(Cl)cc(Cl)cc1Cl. The predicted octanol–water partition coefficient (Wildman–Crippen LogP) is 5.89. The maximum absolute atomic E-state index is 13.0. The Labute approximate surface area is 186 Å². The van der Waals surface area contributed by atoms with E-state index in [9.17, 15) is 23.2 Å². The molecule has 1 unspecified atom stereocenters. The highest BCUT2D eigenvalue weighted by atomic mass is 35.5. The Morgan fingerprint density at radius 1 is 0.793 bits per heavy atom. The van der Waals surface area contributed by atoms with Gasteiger partial charge in [-0.3, -0.25) is 4.55 Å². The van der Waals surface area contributed by atoms with Gasteiger partial charge in [0.15, 0.2) is 4.75 Å². The Morgan fingerprint density at radius 3 is 1.86 bits per heavy atom. The molecule has 5 nitrogen and oxygen atoms in total. The smallest absolute Gasteiger partial charge is 0.283 e. The van der Waals surface area contributed by atoms with Gasteiger partial charge < -0.3 is 10.2 Å². The van der Waals surface area contributed by atoms with Crippen molar-refractivity contribution in [2.75, 3.05) is 0 Å². The summed E-state index contributed by atoms with van der Waals surface area (Å²) in [5.41, 5.74) is -0.719. The minimum Gasteiger partial charge on any atom is -0.508 e. The molecule has 29 heavy (non-hydrogen) atoms. The van der Waals surface area contributed by atoms with Crippen LogP contribution in [0.2, 0.25) is 20.1 Å². The lowest BCUT2D eigenvalue weighted by molar-refractivity contribution is 0.439. The normalized spacial score (nSPS) is 13.8. The highest BCUT2D eigenvalue weighted by molar-refractivity contribution is 7.87. The molecular formula is C19H12Cl4O5S. The van der Waals surface area contributed by atoms with Gasteiger partial charge in [-0.25, -0.2) is 0 Å². The first-order valence-corrected chi connectivity index (χ1v) is 10.8. The van der Waals surface area contributed by atoms with Crippen LogP contribution in [0.3, 0.4) is 0 Å².